The minimum absolute atomic E-state index is 0.00267. The van der Waals surface area contributed by atoms with Crippen molar-refractivity contribution in [2.45, 2.75) is 57.3 Å². The Kier molecular flexibility index (Phi) is 7.22. The smallest absolute Gasteiger partial charge is 0.228 e. The van der Waals surface area contributed by atoms with Gasteiger partial charge >= 0.3 is 0 Å². The molecule has 220 valence electrons. The lowest BCUT2D eigenvalue weighted by Gasteiger charge is -2.47. The summed E-state index contributed by atoms with van der Waals surface area (Å²) in [5.41, 5.74) is -0.549. The predicted molar refractivity (Wildman–Crippen MR) is 155 cm³/mol. The zero-order valence-electron chi connectivity index (χ0n) is 23.7. The fourth-order valence-corrected chi connectivity index (χ4v) is 6.27. The highest BCUT2D eigenvalue weighted by molar-refractivity contribution is 6.34. The van der Waals surface area contributed by atoms with E-state index in [1.54, 1.807) is 6.07 Å². The van der Waals surface area contributed by atoms with E-state index in [9.17, 15) is 14.6 Å². The molecule has 0 amide bonds. The Labute approximate surface area is 242 Å². The van der Waals surface area contributed by atoms with Gasteiger partial charge in [-0.1, -0.05) is 17.7 Å². The van der Waals surface area contributed by atoms with Crippen molar-refractivity contribution in [3.8, 4) is 16.9 Å². The summed E-state index contributed by atoms with van der Waals surface area (Å²) in [4.78, 5) is 17.8. The van der Waals surface area contributed by atoms with Gasteiger partial charge in [-0.3, -0.25) is 4.90 Å². The van der Waals surface area contributed by atoms with Crippen molar-refractivity contribution >= 4 is 34.3 Å². The van der Waals surface area contributed by atoms with Crippen LogP contribution in [0.15, 0.2) is 24.3 Å². The number of anilines is 2. The first-order chi connectivity index (χ1) is 19.5. The summed E-state index contributed by atoms with van der Waals surface area (Å²) in [6.45, 7) is 8.42. The van der Waals surface area contributed by atoms with Crippen LogP contribution in [0.25, 0.3) is 22.0 Å². The quantitative estimate of drug-likeness (QED) is 0.418. The van der Waals surface area contributed by atoms with Crippen molar-refractivity contribution in [3.05, 3.63) is 40.9 Å². The summed E-state index contributed by atoms with van der Waals surface area (Å²) in [6.07, 6.45) is -0.899. The molecule has 0 spiro atoms. The zero-order valence-corrected chi connectivity index (χ0v) is 24.5. The molecule has 5 atom stereocenters. The maximum atomic E-state index is 16.4. The van der Waals surface area contributed by atoms with E-state index >= 15 is 4.39 Å². The van der Waals surface area contributed by atoms with Gasteiger partial charge in [0.25, 0.3) is 0 Å². The van der Waals surface area contributed by atoms with Crippen molar-refractivity contribution in [1.82, 2.24) is 19.8 Å². The zero-order chi connectivity index (χ0) is 29.3. The number of nitrogens with zero attached hydrogens (tertiary/aromatic N) is 6. The number of benzene rings is 2. The normalized spacial score (nSPS) is 26.1. The van der Waals surface area contributed by atoms with Gasteiger partial charge in [0, 0.05) is 55.3 Å². The fraction of sp³-hybridized carbons (Fsp3) is 0.517. The van der Waals surface area contributed by atoms with Gasteiger partial charge in [-0.2, -0.15) is 4.98 Å². The molecule has 0 saturated carbocycles. The molecule has 0 radical (unpaired) electrons. The third kappa shape index (κ3) is 4.87. The number of hydrogen-bond donors (Lipinski definition) is 2. The van der Waals surface area contributed by atoms with E-state index in [-0.39, 0.29) is 46.0 Å². The summed E-state index contributed by atoms with van der Waals surface area (Å²) in [5.74, 6) is -1.13. The molecule has 3 saturated heterocycles. The second-order valence-corrected chi connectivity index (χ2v) is 12.1. The largest absolute Gasteiger partial charge is 0.507 e. The van der Waals surface area contributed by atoms with E-state index in [1.807, 2.05) is 44.7 Å². The molecule has 3 aromatic rings. The average Bonchev–Trinajstić information content (AvgIpc) is 3.61. The number of aliphatic hydroxyl groups is 1. The van der Waals surface area contributed by atoms with Crippen LogP contribution in [0, 0.1) is 11.6 Å². The number of aromatic nitrogens is 2. The summed E-state index contributed by atoms with van der Waals surface area (Å²) in [6, 6.07) is 5.51. The van der Waals surface area contributed by atoms with Crippen LogP contribution in [0.5, 0.6) is 5.75 Å². The van der Waals surface area contributed by atoms with E-state index in [2.05, 4.69) is 14.8 Å². The number of fused-ring (bicyclic) bond motifs is 1. The minimum Gasteiger partial charge on any atom is -0.507 e. The highest BCUT2D eigenvalue weighted by Gasteiger charge is 2.46. The molecular weight excluding hydrogens is 554 g/mol. The van der Waals surface area contributed by atoms with E-state index in [0.717, 1.165) is 6.07 Å². The first-order valence-corrected chi connectivity index (χ1v) is 14.3. The Morgan fingerprint density at radius 2 is 1.76 bits per heavy atom. The fourth-order valence-electron chi connectivity index (χ4n) is 5.98. The molecule has 2 N–H and O–H groups in total. The highest BCUT2D eigenvalue weighted by Crippen LogP contribution is 2.43. The Bertz CT molecular complexity index is 1470. The number of aromatic hydroxyl groups is 1. The van der Waals surface area contributed by atoms with Gasteiger partial charge < -0.3 is 29.6 Å². The van der Waals surface area contributed by atoms with Crippen LogP contribution in [0.4, 0.5) is 20.5 Å². The van der Waals surface area contributed by atoms with Crippen LogP contribution in [0.1, 0.15) is 20.8 Å². The molecule has 3 aliphatic rings. The first kappa shape index (κ1) is 28.3. The highest BCUT2D eigenvalue weighted by atomic mass is 35.5. The Balaban J connectivity index is 1.46. The summed E-state index contributed by atoms with van der Waals surface area (Å²) in [7, 11) is 4.02. The number of halogens is 3. The molecule has 12 heteroatoms. The predicted octanol–water partition coefficient (Wildman–Crippen LogP) is 3.69. The average molecular weight is 589 g/mol. The van der Waals surface area contributed by atoms with Gasteiger partial charge in [-0.05, 0) is 53.1 Å². The summed E-state index contributed by atoms with van der Waals surface area (Å²) >= 11 is 6.61. The molecule has 0 bridgehead atoms. The number of epoxide rings is 1. The molecule has 1 aromatic heterocycles. The molecule has 9 nitrogen and oxygen atoms in total. The number of piperazine rings is 1. The molecule has 0 aliphatic carbocycles. The number of likely N-dealkylation sites (N-methyl/N-ethyl adjacent to an activating group) is 1. The van der Waals surface area contributed by atoms with E-state index < -0.39 is 23.6 Å². The molecule has 3 fully saturated rings. The van der Waals surface area contributed by atoms with Crippen LogP contribution in [-0.4, -0.2) is 107 Å². The first-order valence-electron chi connectivity index (χ1n) is 13.9. The minimum atomic E-state index is -0.822. The van der Waals surface area contributed by atoms with Crippen molar-refractivity contribution in [3.63, 3.8) is 0 Å². The third-order valence-corrected chi connectivity index (χ3v) is 8.96. The maximum absolute atomic E-state index is 16.4. The number of aliphatic hydroxyl groups excluding tert-OH is 1. The van der Waals surface area contributed by atoms with E-state index in [1.165, 1.54) is 12.1 Å². The van der Waals surface area contributed by atoms with Crippen molar-refractivity contribution in [2.75, 3.05) is 50.1 Å². The molecule has 4 heterocycles. The van der Waals surface area contributed by atoms with Crippen molar-refractivity contribution in [1.29, 1.82) is 0 Å². The molecule has 3 unspecified atom stereocenters. The van der Waals surface area contributed by atoms with Gasteiger partial charge in [-0.25, -0.2) is 13.8 Å². The number of hydrogen-bond acceptors (Lipinski definition) is 9. The summed E-state index contributed by atoms with van der Waals surface area (Å²) < 4.78 is 36.8. The lowest BCUT2D eigenvalue weighted by Crippen LogP contribution is -2.61. The standard InChI is InChI=1S/C29H35ClF2N6O3/c1-14-11-38(28(40)26-16(3)41-26)15(2)10-37(14)27-18-9-19(30)22(23-20(31)7-6-8-21(23)39)24(32)25(18)33-29(34-27)36-12-17(13-36)35(4)5/h6-9,14-17,26,28,39-40H,10-13H2,1-5H3/t14-,15+,16?,26?,28?/m0/s1. The van der Waals surface area contributed by atoms with Crippen LogP contribution >= 0.6 is 11.6 Å². The third-order valence-electron chi connectivity index (χ3n) is 8.67. The van der Waals surface area contributed by atoms with Crippen molar-refractivity contribution in [2.24, 2.45) is 0 Å². The molecular formula is C29H35ClF2N6O3. The van der Waals surface area contributed by atoms with Crippen LogP contribution in [0.3, 0.4) is 0 Å². The van der Waals surface area contributed by atoms with Crippen LogP contribution in [0.2, 0.25) is 5.02 Å². The Hall–Kier alpha value is -2.83. The van der Waals surface area contributed by atoms with Crippen molar-refractivity contribution < 1.29 is 23.7 Å². The lowest BCUT2D eigenvalue weighted by atomic mass is 10.00. The van der Waals surface area contributed by atoms with Crippen LogP contribution < -0.4 is 9.80 Å². The van der Waals surface area contributed by atoms with Gasteiger partial charge in [-0.15, -0.1) is 0 Å². The monoisotopic (exact) mass is 588 g/mol. The van der Waals surface area contributed by atoms with Gasteiger partial charge in [0.1, 0.15) is 35.2 Å². The van der Waals surface area contributed by atoms with Gasteiger partial charge in [0.2, 0.25) is 5.95 Å². The number of rotatable bonds is 6. The second kappa shape index (κ2) is 10.5. The molecule has 2 aromatic carbocycles. The van der Waals surface area contributed by atoms with Crippen LogP contribution in [-0.2, 0) is 4.74 Å². The number of phenols is 1. The molecule has 41 heavy (non-hydrogen) atoms. The van der Waals surface area contributed by atoms with E-state index in [0.29, 0.717) is 49.4 Å². The van der Waals surface area contributed by atoms with E-state index in [4.69, 9.17) is 21.3 Å². The Morgan fingerprint density at radius 3 is 2.39 bits per heavy atom. The summed E-state index contributed by atoms with van der Waals surface area (Å²) in [5, 5.41) is 21.7. The lowest BCUT2D eigenvalue weighted by molar-refractivity contribution is -0.0485. The topological polar surface area (TPSA) is 91.7 Å². The number of ether oxygens (including phenoxy) is 1. The SMILES string of the molecule is CC1OC1C(O)N1C[C@H](C)N(c2nc(N3CC(N(C)C)C3)nc3c(F)c(-c4c(O)cccc4F)c(Cl)cc23)C[C@H]1C. The molecule has 6 rings (SSSR count). The second-order valence-electron chi connectivity index (χ2n) is 11.7. The maximum Gasteiger partial charge on any atom is 0.228 e. The van der Waals surface area contributed by atoms with Gasteiger partial charge in [0.15, 0.2) is 5.82 Å². The number of phenolic OH excluding ortho intramolecular Hbond substituents is 1. The molecule has 3 aliphatic heterocycles. The van der Waals surface area contributed by atoms with Gasteiger partial charge in [0.05, 0.1) is 16.7 Å². The Morgan fingerprint density at radius 1 is 1.05 bits per heavy atom.